The van der Waals surface area contributed by atoms with Gasteiger partial charge in [-0.1, -0.05) is 29.8 Å². The van der Waals surface area contributed by atoms with E-state index in [0.29, 0.717) is 22.9 Å². The number of anilines is 1. The van der Waals surface area contributed by atoms with E-state index in [9.17, 15) is 8.42 Å². The first-order valence-electron chi connectivity index (χ1n) is 7.48. The fourth-order valence-electron chi connectivity index (χ4n) is 2.14. The Hall–Kier alpha value is -2.51. The lowest BCUT2D eigenvalue weighted by Gasteiger charge is -2.06. The van der Waals surface area contributed by atoms with Crippen molar-refractivity contribution in [2.24, 2.45) is 0 Å². The van der Waals surface area contributed by atoms with E-state index in [1.165, 1.54) is 6.07 Å². The fourth-order valence-corrected chi connectivity index (χ4v) is 3.48. The van der Waals surface area contributed by atoms with Crippen molar-refractivity contribution in [3.63, 3.8) is 0 Å². The minimum Gasteiger partial charge on any atom is -0.363 e. The summed E-state index contributed by atoms with van der Waals surface area (Å²) in [6.07, 6.45) is 1.70. The Balaban J connectivity index is 1.67. The summed E-state index contributed by atoms with van der Waals surface area (Å²) in [5.74, 6) is 0.329. The first-order chi connectivity index (χ1) is 12.0. The molecule has 0 saturated heterocycles. The number of pyridine rings is 1. The normalized spacial score (nSPS) is 11.2. The van der Waals surface area contributed by atoms with Crippen LogP contribution in [-0.2, 0) is 22.1 Å². The molecule has 1 aromatic carbocycles. The van der Waals surface area contributed by atoms with E-state index in [4.69, 9.17) is 11.6 Å². The number of benzene rings is 1. The highest BCUT2D eigenvalue weighted by Crippen LogP contribution is 2.17. The molecule has 0 bridgehead atoms. The summed E-state index contributed by atoms with van der Waals surface area (Å²) in [6, 6.07) is 15.3. The van der Waals surface area contributed by atoms with Crippen molar-refractivity contribution in [3.8, 4) is 0 Å². The third-order valence-corrected chi connectivity index (χ3v) is 5.23. The lowest BCUT2D eigenvalue weighted by Crippen LogP contribution is -2.10. The molecule has 8 heteroatoms. The molecule has 128 valence electrons. The number of hydrogen-bond donors (Lipinski definition) is 1. The monoisotopic (exact) mass is 374 g/mol. The van der Waals surface area contributed by atoms with E-state index in [-0.39, 0.29) is 10.8 Å². The number of nitrogens with zero attached hydrogens (tertiary/aromatic N) is 3. The SMILES string of the molecule is O=S(=O)(Cc1ccc(Cl)cc1)c1ccc(NCc2ccccn2)nn1. The van der Waals surface area contributed by atoms with Gasteiger partial charge in [-0.05, 0) is 42.0 Å². The molecule has 0 radical (unpaired) electrons. The number of aromatic nitrogens is 3. The molecule has 0 aliphatic rings. The highest BCUT2D eigenvalue weighted by atomic mass is 35.5. The maximum Gasteiger partial charge on any atom is 0.201 e. The van der Waals surface area contributed by atoms with Gasteiger partial charge in [-0.2, -0.15) is 0 Å². The van der Waals surface area contributed by atoms with Crippen LogP contribution >= 0.6 is 11.6 Å². The largest absolute Gasteiger partial charge is 0.363 e. The number of halogens is 1. The molecule has 0 amide bonds. The molecular formula is C17H15ClN4O2S. The second-order valence-corrected chi connectivity index (χ2v) is 7.69. The van der Waals surface area contributed by atoms with Crippen LogP contribution in [0.2, 0.25) is 5.02 Å². The first-order valence-corrected chi connectivity index (χ1v) is 9.51. The Morgan fingerprint density at radius 2 is 1.76 bits per heavy atom. The van der Waals surface area contributed by atoms with Gasteiger partial charge in [0.05, 0.1) is 18.0 Å². The van der Waals surface area contributed by atoms with Crippen LogP contribution in [0, 0.1) is 0 Å². The van der Waals surface area contributed by atoms with Crippen LogP contribution in [0.5, 0.6) is 0 Å². The summed E-state index contributed by atoms with van der Waals surface area (Å²) in [5.41, 5.74) is 1.49. The van der Waals surface area contributed by atoms with Crippen molar-refractivity contribution < 1.29 is 8.42 Å². The molecule has 0 aliphatic carbocycles. The standard InChI is InChI=1S/C17H15ClN4O2S/c18-14-6-4-13(5-7-14)12-25(23,24)17-9-8-16(21-22-17)20-11-15-3-1-2-10-19-15/h1-10H,11-12H2,(H,20,21). The minimum absolute atomic E-state index is 0.0640. The van der Waals surface area contributed by atoms with Crippen molar-refractivity contribution in [1.82, 2.24) is 15.2 Å². The molecule has 3 aromatic rings. The van der Waals surface area contributed by atoms with Crippen molar-refractivity contribution in [1.29, 1.82) is 0 Å². The van der Waals surface area contributed by atoms with Gasteiger partial charge in [-0.3, -0.25) is 4.98 Å². The van der Waals surface area contributed by atoms with Crippen LogP contribution in [0.1, 0.15) is 11.3 Å². The number of hydrogen-bond acceptors (Lipinski definition) is 6. The second kappa shape index (κ2) is 7.58. The Morgan fingerprint density at radius 1 is 0.960 bits per heavy atom. The van der Waals surface area contributed by atoms with Crippen LogP contribution in [-0.4, -0.2) is 23.6 Å². The minimum atomic E-state index is -3.57. The molecule has 0 aliphatic heterocycles. The number of rotatable bonds is 6. The lowest BCUT2D eigenvalue weighted by molar-refractivity contribution is 0.589. The molecule has 25 heavy (non-hydrogen) atoms. The van der Waals surface area contributed by atoms with Crippen molar-refractivity contribution in [3.05, 3.63) is 77.1 Å². The fraction of sp³-hybridized carbons (Fsp3) is 0.118. The van der Waals surface area contributed by atoms with E-state index >= 15 is 0 Å². The van der Waals surface area contributed by atoms with Gasteiger partial charge in [0.2, 0.25) is 9.84 Å². The average molecular weight is 375 g/mol. The summed E-state index contributed by atoms with van der Waals surface area (Å²) in [7, 11) is -3.57. The van der Waals surface area contributed by atoms with E-state index in [1.54, 1.807) is 36.5 Å². The first kappa shape index (κ1) is 17.3. The van der Waals surface area contributed by atoms with E-state index in [0.717, 1.165) is 5.69 Å². The quantitative estimate of drug-likeness (QED) is 0.713. The molecular weight excluding hydrogens is 360 g/mol. The van der Waals surface area contributed by atoms with Crippen molar-refractivity contribution in [2.75, 3.05) is 5.32 Å². The average Bonchev–Trinajstić information content (AvgIpc) is 2.63. The molecule has 1 N–H and O–H groups in total. The lowest BCUT2D eigenvalue weighted by atomic mass is 10.2. The van der Waals surface area contributed by atoms with Gasteiger partial charge in [0.15, 0.2) is 5.03 Å². The topological polar surface area (TPSA) is 84.8 Å². The highest BCUT2D eigenvalue weighted by molar-refractivity contribution is 7.90. The number of nitrogens with one attached hydrogen (secondary N) is 1. The van der Waals surface area contributed by atoms with Crippen LogP contribution in [0.25, 0.3) is 0 Å². The molecule has 0 unspecified atom stereocenters. The molecule has 0 atom stereocenters. The van der Waals surface area contributed by atoms with Crippen LogP contribution < -0.4 is 5.32 Å². The van der Waals surface area contributed by atoms with Gasteiger partial charge in [0, 0.05) is 11.2 Å². The predicted molar refractivity (Wildman–Crippen MR) is 95.9 cm³/mol. The molecule has 2 aromatic heterocycles. The zero-order valence-corrected chi connectivity index (χ0v) is 14.7. The van der Waals surface area contributed by atoms with Crippen molar-refractivity contribution >= 4 is 27.3 Å². The Bertz CT molecular complexity index is 931. The van der Waals surface area contributed by atoms with Gasteiger partial charge in [-0.15, -0.1) is 10.2 Å². The van der Waals surface area contributed by atoms with Crippen LogP contribution in [0.3, 0.4) is 0 Å². The molecule has 6 nitrogen and oxygen atoms in total. The second-order valence-electron chi connectivity index (χ2n) is 5.32. The summed E-state index contributed by atoms with van der Waals surface area (Å²) in [5, 5.41) is 11.3. The van der Waals surface area contributed by atoms with Crippen LogP contribution in [0.15, 0.2) is 65.8 Å². The maximum absolute atomic E-state index is 12.4. The van der Waals surface area contributed by atoms with Gasteiger partial charge in [-0.25, -0.2) is 8.42 Å². The highest BCUT2D eigenvalue weighted by Gasteiger charge is 2.17. The summed E-state index contributed by atoms with van der Waals surface area (Å²) in [4.78, 5) is 4.19. The molecule has 0 saturated carbocycles. The Kier molecular flexibility index (Phi) is 5.25. The summed E-state index contributed by atoms with van der Waals surface area (Å²) >= 11 is 5.81. The smallest absolute Gasteiger partial charge is 0.201 e. The Labute approximate surface area is 150 Å². The maximum atomic E-state index is 12.4. The molecule has 0 fully saturated rings. The third kappa shape index (κ3) is 4.74. The van der Waals surface area contributed by atoms with E-state index in [2.05, 4.69) is 20.5 Å². The van der Waals surface area contributed by atoms with E-state index in [1.807, 2.05) is 18.2 Å². The summed E-state index contributed by atoms with van der Waals surface area (Å²) < 4.78 is 24.8. The van der Waals surface area contributed by atoms with Crippen LogP contribution in [0.4, 0.5) is 5.82 Å². The van der Waals surface area contributed by atoms with E-state index < -0.39 is 9.84 Å². The molecule has 0 spiro atoms. The van der Waals surface area contributed by atoms with Crippen molar-refractivity contribution in [2.45, 2.75) is 17.3 Å². The van der Waals surface area contributed by atoms with Gasteiger partial charge >= 0.3 is 0 Å². The third-order valence-electron chi connectivity index (χ3n) is 3.41. The van der Waals surface area contributed by atoms with Gasteiger partial charge in [0.25, 0.3) is 0 Å². The molecule has 2 heterocycles. The van der Waals surface area contributed by atoms with Gasteiger partial charge in [0.1, 0.15) is 5.82 Å². The molecule has 3 rings (SSSR count). The Morgan fingerprint density at radius 3 is 2.40 bits per heavy atom. The number of sulfone groups is 1. The predicted octanol–water partition coefficient (Wildman–Crippen LogP) is 3.11. The zero-order valence-electron chi connectivity index (χ0n) is 13.1. The zero-order chi connectivity index (χ0) is 17.7. The van der Waals surface area contributed by atoms with Gasteiger partial charge < -0.3 is 5.32 Å². The summed E-state index contributed by atoms with van der Waals surface area (Å²) in [6.45, 7) is 0.479.